The Morgan fingerprint density at radius 2 is 1.94 bits per heavy atom. The molecule has 0 spiro atoms. The molecule has 2 saturated heterocycles. The zero-order valence-corrected chi connectivity index (χ0v) is 19.2. The van der Waals surface area contributed by atoms with Crippen LogP contribution >= 0.6 is 0 Å². The van der Waals surface area contributed by atoms with Crippen LogP contribution in [0.1, 0.15) is 58.9 Å². The average Bonchev–Trinajstić information content (AvgIpc) is 2.76. The Bertz CT molecular complexity index is 1110. The maximum absolute atomic E-state index is 13.4. The van der Waals surface area contributed by atoms with Crippen LogP contribution in [0.2, 0.25) is 0 Å². The molecular formula is C24H29F3N4O3. The van der Waals surface area contributed by atoms with Gasteiger partial charge in [0.15, 0.2) is 0 Å². The van der Waals surface area contributed by atoms with Crippen LogP contribution in [-0.4, -0.2) is 42.8 Å². The van der Waals surface area contributed by atoms with Crippen LogP contribution in [0.4, 0.5) is 18.9 Å². The molecule has 7 nitrogen and oxygen atoms in total. The highest BCUT2D eigenvalue weighted by molar-refractivity contribution is 5.99. The van der Waals surface area contributed by atoms with Crippen LogP contribution in [0.15, 0.2) is 35.3 Å². The molecular weight excluding hydrogens is 449 g/mol. The molecule has 0 bridgehead atoms. The van der Waals surface area contributed by atoms with Crippen molar-refractivity contribution in [3.05, 3.63) is 63.1 Å². The molecule has 1 aromatic carbocycles. The standard InChI is InChI=1S/C24H29F3N4O3/c1-14-18(4-3-5-20(14)24(25,26)27)15(2)29-23(33)19-13-31(17-6-8-34-9-7-17)22(32)10-21(19)30-16-11-28-12-16/h3-5,10,13,15-17,28,30H,6-9,11-12H2,1-2H3,(H,29,33)/t15-/m1/s1. The predicted molar refractivity (Wildman–Crippen MR) is 122 cm³/mol. The van der Waals surface area contributed by atoms with E-state index in [1.807, 2.05) is 0 Å². The number of alkyl halides is 3. The molecule has 2 fully saturated rings. The Kier molecular flexibility index (Phi) is 6.99. The number of pyridine rings is 1. The normalized spacial score (nSPS) is 18.3. The number of ether oxygens (including phenoxy) is 1. The number of rotatable bonds is 6. The van der Waals surface area contributed by atoms with E-state index in [1.165, 1.54) is 19.1 Å². The number of hydrogen-bond donors (Lipinski definition) is 3. The monoisotopic (exact) mass is 478 g/mol. The van der Waals surface area contributed by atoms with Crippen molar-refractivity contribution in [2.45, 2.75) is 51.0 Å². The third-order valence-electron chi connectivity index (χ3n) is 6.55. The van der Waals surface area contributed by atoms with E-state index in [0.717, 1.165) is 6.07 Å². The Morgan fingerprint density at radius 3 is 2.56 bits per heavy atom. The number of nitrogens with one attached hydrogen (secondary N) is 3. The summed E-state index contributed by atoms with van der Waals surface area (Å²) in [5.41, 5.74) is 0.242. The number of halogens is 3. The highest BCUT2D eigenvalue weighted by Crippen LogP contribution is 2.34. The first kappa shape index (κ1) is 24.3. The smallest absolute Gasteiger partial charge is 0.381 e. The van der Waals surface area contributed by atoms with Gasteiger partial charge in [-0.2, -0.15) is 13.2 Å². The number of hydrogen-bond acceptors (Lipinski definition) is 5. The first-order valence-corrected chi connectivity index (χ1v) is 11.4. The molecule has 0 saturated carbocycles. The van der Waals surface area contributed by atoms with Gasteiger partial charge in [0.1, 0.15) is 0 Å². The number of carbonyl (C=O) groups excluding carboxylic acids is 1. The molecule has 34 heavy (non-hydrogen) atoms. The van der Waals surface area contributed by atoms with Crippen LogP contribution in [0.5, 0.6) is 0 Å². The molecule has 10 heteroatoms. The number of carbonyl (C=O) groups is 1. The summed E-state index contributed by atoms with van der Waals surface area (Å²) < 4.78 is 47.0. The number of aromatic nitrogens is 1. The minimum atomic E-state index is -4.48. The number of anilines is 1. The summed E-state index contributed by atoms with van der Waals surface area (Å²) in [7, 11) is 0. The van der Waals surface area contributed by atoms with Gasteiger partial charge in [-0.15, -0.1) is 0 Å². The second-order valence-corrected chi connectivity index (χ2v) is 8.90. The second kappa shape index (κ2) is 9.79. The van der Waals surface area contributed by atoms with Crippen molar-refractivity contribution in [1.29, 1.82) is 0 Å². The summed E-state index contributed by atoms with van der Waals surface area (Å²) in [6, 6.07) is 4.74. The highest BCUT2D eigenvalue weighted by Gasteiger charge is 2.33. The van der Waals surface area contributed by atoms with Crippen molar-refractivity contribution >= 4 is 11.6 Å². The van der Waals surface area contributed by atoms with Crippen LogP contribution in [0.3, 0.4) is 0 Å². The van der Waals surface area contributed by atoms with Crippen molar-refractivity contribution in [3.63, 3.8) is 0 Å². The topological polar surface area (TPSA) is 84.4 Å². The molecule has 0 aliphatic carbocycles. The van der Waals surface area contributed by atoms with E-state index < -0.39 is 23.7 Å². The fourth-order valence-electron chi connectivity index (χ4n) is 4.49. The molecule has 184 valence electrons. The molecule has 2 aliphatic heterocycles. The van der Waals surface area contributed by atoms with Gasteiger partial charge in [-0.3, -0.25) is 9.59 Å². The van der Waals surface area contributed by atoms with E-state index in [0.29, 0.717) is 50.4 Å². The van der Waals surface area contributed by atoms with Crippen molar-refractivity contribution in [2.75, 3.05) is 31.6 Å². The molecule has 0 radical (unpaired) electrons. The minimum absolute atomic E-state index is 0.0737. The summed E-state index contributed by atoms with van der Waals surface area (Å²) in [5.74, 6) is -0.458. The van der Waals surface area contributed by atoms with E-state index in [1.54, 1.807) is 23.8 Å². The lowest BCUT2D eigenvalue weighted by Crippen LogP contribution is -2.52. The molecule has 2 aromatic rings. The molecule has 4 rings (SSSR count). The fourth-order valence-corrected chi connectivity index (χ4v) is 4.49. The first-order valence-electron chi connectivity index (χ1n) is 11.4. The van der Waals surface area contributed by atoms with Crippen LogP contribution < -0.4 is 21.5 Å². The molecule has 1 amide bonds. The average molecular weight is 479 g/mol. The quantitative estimate of drug-likeness (QED) is 0.593. The maximum Gasteiger partial charge on any atom is 0.416 e. The molecule has 1 atom stereocenters. The first-order chi connectivity index (χ1) is 16.1. The zero-order chi connectivity index (χ0) is 24.5. The summed E-state index contributed by atoms with van der Waals surface area (Å²) in [5, 5.41) is 9.20. The third kappa shape index (κ3) is 5.12. The molecule has 2 aliphatic rings. The molecule has 3 N–H and O–H groups in total. The van der Waals surface area contributed by atoms with Crippen LogP contribution in [-0.2, 0) is 10.9 Å². The van der Waals surface area contributed by atoms with Gasteiger partial charge in [-0.05, 0) is 43.9 Å². The van der Waals surface area contributed by atoms with Gasteiger partial charge in [-0.1, -0.05) is 12.1 Å². The number of benzene rings is 1. The van der Waals surface area contributed by atoms with E-state index in [4.69, 9.17) is 4.74 Å². The summed E-state index contributed by atoms with van der Waals surface area (Å²) in [6.45, 7) is 5.56. The summed E-state index contributed by atoms with van der Waals surface area (Å²) in [4.78, 5) is 26.2. The summed E-state index contributed by atoms with van der Waals surface area (Å²) in [6.07, 6.45) is -1.58. The van der Waals surface area contributed by atoms with E-state index in [9.17, 15) is 22.8 Å². The Balaban J connectivity index is 1.64. The minimum Gasteiger partial charge on any atom is -0.381 e. The van der Waals surface area contributed by atoms with Crippen molar-refractivity contribution in [2.24, 2.45) is 0 Å². The molecule has 1 aromatic heterocycles. The van der Waals surface area contributed by atoms with Crippen LogP contribution in [0, 0.1) is 6.92 Å². The fraction of sp³-hybridized carbons (Fsp3) is 0.500. The van der Waals surface area contributed by atoms with Crippen molar-refractivity contribution in [3.8, 4) is 0 Å². The molecule has 3 heterocycles. The lowest BCUT2D eigenvalue weighted by Gasteiger charge is -2.31. The molecule has 0 unspecified atom stereocenters. The van der Waals surface area contributed by atoms with Gasteiger partial charge in [0.2, 0.25) is 0 Å². The lowest BCUT2D eigenvalue weighted by molar-refractivity contribution is -0.138. The zero-order valence-electron chi connectivity index (χ0n) is 19.2. The van der Waals surface area contributed by atoms with Gasteiger partial charge in [0.05, 0.1) is 28.9 Å². The Hall–Kier alpha value is -2.85. The van der Waals surface area contributed by atoms with Crippen molar-refractivity contribution in [1.82, 2.24) is 15.2 Å². The van der Waals surface area contributed by atoms with Gasteiger partial charge in [-0.25, -0.2) is 0 Å². The summed E-state index contributed by atoms with van der Waals surface area (Å²) >= 11 is 0. The maximum atomic E-state index is 13.4. The number of amides is 1. The van der Waals surface area contributed by atoms with Gasteiger partial charge < -0.3 is 25.3 Å². The Morgan fingerprint density at radius 1 is 1.24 bits per heavy atom. The largest absolute Gasteiger partial charge is 0.416 e. The SMILES string of the molecule is Cc1c([C@@H](C)NC(=O)c2cn(C3CCOCC3)c(=O)cc2NC2CNC2)cccc1C(F)(F)F. The number of nitrogens with zero attached hydrogens (tertiary/aromatic N) is 1. The predicted octanol–water partition coefficient (Wildman–Crippen LogP) is 3.40. The third-order valence-corrected chi connectivity index (χ3v) is 6.55. The van der Waals surface area contributed by atoms with Gasteiger partial charge in [0.25, 0.3) is 11.5 Å². The van der Waals surface area contributed by atoms with Crippen molar-refractivity contribution < 1.29 is 22.7 Å². The van der Waals surface area contributed by atoms with Gasteiger partial charge in [0, 0.05) is 44.6 Å². The Labute approximate surface area is 195 Å². The van der Waals surface area contributed by atoms with E-state index in [2.05, 4.69) is 16.0 Å². The highest BCUT2D eigenvalue weighted by atomic mass is 19.4. The lowest BCUT2D eigenvalue weighted by atomic mass is 9.97. The van der Waals surface area contributed by atoms with E-state index in [-0.39, 0.29) is 28.8 Å². The second-order valence-electron chi connectivity index (χ2n) is 8.90. The van der Waals surface area contributed by atoms with Gasteiger partial charge >= 0.3 is 6.18 Å². The van der Waals surface area contributed by atoms with Crippen LogP contribution in [0.25, 0.3) is 0 Å². The van der Waals surface area contributed by atoms with E-state index >= 15 is 0 Å².